The third-order valence-corrected chi connectivity index (χ3v) is 4.20. The average molecular weight is 321 g/mol. The van der Waals surface area contributed by atoms with Crippen LogP contribution in [0, 0.1) is 0 Å². The molecule has 0 atom stereocenters. The van der Waals surface area contributed by atoms with Crippen molar-refractivity contribution in [3.05, 3.63) is 35.1 Å². The molecule has 5 heteroatoms. The van der Waals surface area contributed by atoms with Crippen LogP contribution < -0.4 is 0 Å². The summed E-state index contributed by atoms with van der Waals surface area (Å²) in [6.45, 7) is 11.3. The van der Waals surface area contributed by atoms with Crippen LogP contribution in [0.15, 0.2) is 24.4 Å². The van der Waals surface area contributed by atoms with Crippen molar-refractivity contribution in [1.82, 2.24) is 19.7 Å². The van der Waals surface area contributed by atoms with Crippen LogP contribution in [0.3, 0.4) is 0 Å². The molecule has 1 aliphatic heterocycles. The molecule has 0 N–H and O–H groups in total. The van der Waals surface area contributed by atoms with Crippen LogP contribution in [0.2, 0.25) is 5.02 Å². The third kappa shape index (κ3) is 3.50. The first-order chi connectivity index (χ1) is 10.7. The number of rotatable bonds is 2. The first kappa shape index (κ1) is 17.0. The van der Waals surface area contributed by atoms with E-state index >= 15 is 0 Å². The molecule has 0 spiro atoms. The molecule has 2 aromatic rings. The van der Waals surface area contributed by atoms with E-state index in [2.05, 4.69) is 33.5 Å². The number of hydrogen-bond donors (Lipinski definition) is 0. The first-order valence-electron chi connectivity index (χ1n) is 8.07. The van der Waals surface area contributed by atoms with E-state index in [1.54, 1.807) is 6.20 Å². The third-order valence-electron chi connectivity index (χ3n) is 3.80. The molecule has 0 amide bonds. The van der Waals surface area contributed by atoms with Crippen LogP contribution in [0.1, 0.15) is 39.8 Å². The lowest BCUT2D eigenvalue weighted by Crippen LogP contribution is -2.30. The van der Waals surface area contributed by atoms with Crippen LogP contribution in [0.5, 0.6) is 0 Å². The van der Waals surface area contributed by atoms with E-state index in [1.165, 1.54) is 0 Å². The number of fused-ring (bicyclic) bond motifs is 1. The zero-order valence-electron chi connectivity index (χ0n) is 13.9. The number of halogens is 1. The summed E-state index contributed by atoms with van der Waals surface area (Å²) < 4.78 is 2.05. The second-order valence-electron chi connectivity index (χ2n) is 5.47. The van der Waals surface area contributed by atoms with Gasteiger partial charge in [0.05, 0.1) is 16.4 Å². The lowest BCUT2D eigenvalue weighted by Gasteiger charge is -2.23. The van der Waals surface area contributed by atoms with Gasteiger partial charge in [0.1, 0.15) is 5.69 Å². The normalized spacial score (nSPS) is 15.0. The molecule has 0 fully saturated rings. The minimum Gasteiger partial charge on any atom is -0.295 e. The fourth-order valence-corrected chi connectivity index (χ4v) is 2.91. The maximum atomic E-state index is 6.57. The summed E-state index contributed by atoms with van der Waals surface area (Å²) in [4.78, 5) is 6.80. The zero-order chi connectivity index (χ0) is 16.1. The van der Waals surface area contributed by atoms with E-state index in [-0.39, 0.29) is 0 Å². The Kier molecular flexibility index (Phi) is 5.98. The Labute approximate surface area is 138 Å². The van der Waals surface area contributed by atoms with Gasteiger partial charge in [-0.15, -0.1) is 0 Å². The van der Waals surface area contributed by atoms with E-state index in [0.29, 0.717) is 6.04 Å². The number of aryl methyl sites for hydroxylation is 1. The van der Waals surface area contributed by atoms with Crippen molar-refractivity contribution < 1.29 is 0 Å². The summed E-state index contributed by atoms with van der Waals surface area (Å²) in [6, 6.07) is 6.34. The Morgan fingerprint density at radius 2 is 1.95 bits per heavy atom. The number of hydrogen-bond acceptors (Lipinski definition) is 3. The van der Waals surface area contributed by atoms with Gasteiger partial charge < -0.3 is 0 Å². The Hall–Kier alpha value is -1.39. The molecule has 0 aromatic carbocycles. The predicted molar refractivity (Wildman–Crippen MR) is 92.0 cm³/mol. The highest BCUT2D eigenvalue weighted by atomic mass is 35.5. The highest BCUT2D eigenvalue weighted by molar-refractivity contribution is 6.33. The predicted octanol–water partition coefficient (Wildman–Crippen LogP) is 4.24. The topological polar surface area (TPSA) is 34.0 Å². The highest BCUT2D eigenvalue weighted by Crippen LogP contribution is 2.31. The molecular formula is C17H25ClN4. The summed E-state index contributed by atoms with van der Waals surface area (Å²) in [5.41, 5.74) is 2.75. The van der Waals surface area contributed by atoms with Crippen molar-refractivity contribution in [1.29, 1.82) is 0 Å². The molecular weight excluding hydrogens is 296 g/mol. The van der Waals surface area contributed by atoms with Gasteiger partial charge in [0.25, 0.3) is 0 Å². The molecule has 1 aliphatic rings. The Morgan fingerprint density at radius 3 is 2.59 bits per heavy atom. The Morgan fingerprint density at radius 1 is 1.18 bits per heavy atom. The number of pyridine rings is 1. The molecule has 0 saturated heterocycles. The van der Waals surface area contributed by atoms with Crippen LogP contribution in [0.4, 0.5) is 0 Å². The second kappa shape index (κ2) is 7.75. The number of aromatic nitrogens is 3. The van der Waals surface area contributed by atoms with Crippen LogP contribution in [0.25, 0.3) is 11.4 Å². The lowest BCUT2D eigenvalue weighted by atomic mass is 10.2. The van der Waals surface area contributed by atoms with Gasteiger partial charge in [-0.05, 0) is 32.4 Å². The molecule has 0 bridgehead atoms. The molecule has 3 heterocycles. The molecule has 0 radical (unpaired) electrons. The average Bonchev–Trinajstić information content (AvgIpc) is 2.74. The van der Waals surface area contributed by atoms with Crippen LogP contribution in [-0.2, 0) is 13.1 Å². The summed E-state index contributed by atoms with van der Waals surface area (Å²) in [6.07, 6.45) is 2.88. The summed E-state index contributed by atoms with van der Waals surface area (Å²) in [7, 11) is 0. The van der Waals surface area contributed by atoms with Crippen molar-refractivity contribution in [3.8, 4) is 11.4 Å². The zero-order valence-corrected chi connectivity index (χ0v) is 14.6. The first-order valence-corrected chi connectivity index (χ1v) is 8.45. The molecule has 4 nitrogen and oxygen atoms in total. The van der Waals surface area contributed by atoms with E-state index in [9.17, 15) is 0 Å². The minimum atomic E-state index is 0.519. The molecule has 0 saturated carbocycles. The van der Waals surface area contributed by atoms with Gasteiger partial charge in [-0.1, -0.05) is 31.5 Å². The van der Waals surface area contributed by atoms with E-state index in [1.807, 2.05) is 32.0 Å². The number of nitrogens with zero attached hydrogens (tertiary/aromatic N) is 4. The van der Waals surface area contributed by atoms with Crippen molar-refractivity contribution >= 4 is 11.6 Å². The standard InChI is InChI=1S/C15H19ClN4.C2H6/c1-11(2)19-8-5-9-20-13(10-19)14(16)15(18-20)12-6-3-4-7-17-12;1-2/h3-4,6-7,11H,5,8-10H2,1-2H3;1-2H3. The van der Waals surface area contributed by atoms with Gasteiger partial charge in [0.2, 0.25) is 0 Å². The van der Waals surface area contributed by atoms with E-state index in [0.717, 1.165) is 48.2 Å². The molecule has 0 unspecified atom stereocenters. The quantitative estimate of drug-likeness (QED) is 0.830. The van der Waals surface area contributed by atoms with Crippen molar-refractivity contribution in [3.63, 3.8) is 0 Å². The SMILES string of the molecule is CC.CC(C)N1CCCn2nc(-c3ccccn3)c(Cl)c2C1. The fraction of sp³-hybridized carbons (Fsp3) is 0.529. The largest absolute Gasteiger partial charge is 0.295 e. The highest BCUT2D eigenvalue weighted by Gasteiger charge is 2.23. The molecule has 120 valence electrons. The van der Waals surface area contributed by atoms with Gasteiger partial charge >= 0.3 is 0 Å². The molecule has 2 aromatic heterocycles. The van der Waals surface area contributed by atoms with E-state index < -0.39 is 0 Å². The molecule has 3 rings (SSSR count). The van der Waals surface area contributed by atoms with Gasteiger partial charge in [-0.25, -0.2) is 0 Å². The Balaban J connectivity index is 0.000000847. The minimum absolute atomic E-state index is 0.519. The Bertz CT molecular complexity index is 592. The van der Waals surface area contributed by atoms with Crippen molar-refractivity contribution in [2.45, 2.75) is 53.2 Å². The maximum Gasteiger partial charge on any atom is 0.130 e. The monoisotopic (exact) mass is 320 g/mol. The molecule has 22 heavy (non-hydrogen) atoms. The van der Waals surface area contributed by atoms with E-state index in [4.69, 9.17) is 11.6 Å². The van der Waals surface area contributed by atoms with Gasteiger partial charge in [0.15, 0.2) is 0 Å². The summed E-state index contributed by atoms with van der Waals surface area (Å²) in [5, 5.41) is 5.42. The lowest BCUT2D eigenvalue weighted by molar-refractivity contribution is 0.216. The van der Waals surface area contributed by atoms with Crippen molar-refractivity contribution in [2.75, 3.05) is 6.54 Å². The van der Waals surface area contributed by atoms with Gasteiger partial charge in [0, 0.05) is 31.9 Å². The summed E-state index contributed by atoms with van der Waals surface area (Å²) >= 11 is 6.57. The fourth-order valence-electron chi connectivity index (χ4n) is 2.61. The summed E-state index contributed by atoms with van der Waals surface area (Å²) in [5.74, 6) is 0. The van der Waals surface area contributed by atoms with Gasteiger partial charge in [-0.3, -0.25) is 14.6 Å². The van der Waals surface area contributed by atoms with Crippen LogP contribution >= 0.6 is 11.6 Å². The van der Waals surface area contributed by atoms with Gasteiger partial charge in [-0.2, -0.15) is 5.10 Å². The smallest absolute Gasteiger partial charge is 0.130 e. The van der Waals surface area contributed by atoms with Crippen LogP contribution in [-0.4, -0.2) is 32.3 Å². The molecule has 0 aliphatic carbocycles. The second-order valence-corrected chi connectivity index (χ2v) is 5.84. The van der Waals surface area contributed by atoms with Crippen molar-refractivity contribution in [2.24, 2.45) is 0 Å². The maximum absolute atomic E-state index is 6.57.